The Hall–Kier alpha value is -2.30. The molecule has 2 rings (SSSR count). The molecule has 1 N–H and O–H groups in total. The number of amides is 1. The van der Waals surface area contributed by atoms with Gasteiger partial charge in [-0.3, -0.25) is 9.48 Å². The Morgan fingerprint density at radius 1 is 1.35 bits per heavy atom. The van der Waals surface area contributed by atoms with E-state index in [1.54, 1.807) is 10.9 Å². The van der Waals surface area contributed by atoms with Crippen LogP contribution >= 0.6 is 0 Å². The van der Waals surface area contributed by atoms with Gasteiger partial charge in [0.2, 0.25) is 5.91 Å². The van der Waals surface area contributed by atoms with Gasteiger partial charge in [0.25, 0.3) is 0 Å². The maximum absolute atomic E-state index is 11.8. The number of benzene rings is 1. The number of aromatic nitrogens is 2. The summed E-state index contributed by atoms with van der Waals surface area (Å²) in [6, 6.07) is 9.46. The van der Waals surface area contributed by atoms with Gasteiger partial charge in [-0.05, 0) is 30.7 Å². The fourth-order valence-corrected chi connectivity index (χ4v) is 1.86. The normalized spacial score (nSPS) is 10.2. The van der Waals surface area contributed by atoms with E-state index < -0.39 is 0 Å². The van der Waals surface area contributed by atoms with Gasteiger partial charge in [-0.2, -0.15) is 5.10 Å². The summed E-state index contributed by atoms with van der Waals surface area (Å²) in [5.74, 6) is 0.844. The molecule has 0 saturated heterocycles. The monoisotopic (exact) mass is 273 g/mol. The summed E-state index contributed by atoms with van der Waals surface area (Å²) in [6.45, 7) is 3.85. The lowest BCUT2D eigenvalue weighted by molar-refractivity contribution is -0.120. The lowest BCUT2D eigenvalue weighted by atomic mass is 10.1. The van der Waals surface area contributed by atoms with Gasteiger partial charge in [0.05, 0.1) is 19.6 Å². The van der Waals surface area contributed by atoms with Crippen molar-refractivity contribution in [3.05, 3.63) is 48.3 Å². The number of nitrogens with zero attached hydrogens (tertiary/aromatic N) is 2. The van der Waals surface area contributed by atoms with Crippen molar-refractivity contribution in [2.24, 2.45) is 0 Å². The molecule has 1 aromatic heterocycles. The van der Waals surface area contributed by atoms with Crippen molar-refractivity contribution in [1.29, 1.82) is 0 Å². The van der Waals surface area contributed by atoms with Gasteiger partial charge in [0.1, 0.15) is 5.75 Å². The first kappa shape index (κ1) is 14.1. The van der Waals surface area contributed by atoms with Crippen LogP contribution < -0.4 is 10.1 Å². The van der Waals surface area contributed by atoms with Crippen molar-refractivity contribution >= 4 is 5.91 Å². The highest BCUT2D eigenvalue weighted by atomic mass is 16.5. The standard InChI is InChI=1S/C15H19N3O2/c1-2-20-14-6-4-13(5-7-14)12-15(19)16-9-11-18-10-3-8-17-18/h3-8,10H,2,9,11-12H2,1H3,(H,16,19). The third-order valence-electron chi connectivity index (χ3n) is 2.82. The zero-order valence-electron chi connectivity index (χ0n) is 11.6. The first-order chi connectivity index (χ1) is 9.78. The average Bonchev–Trinajstić information content (AvgIpc) is 2.94. The molecule has 2 aromatic rings. The SMILES string of the molecule is CCOc1ccc(CC(=O)NCCn2cccn2)cc1. The van der Waals surface area contributed by atoms with Crippen LogP contribution in [0.3, 0.4) is 0 Å². The van der Waals surface area contributed by atoms with Crippen LogP contribution in [0.4, 0.5) is 0 Å². The van der Waals surface area contributed by atoms with E-state index in [9.17, 15) is 4.79 Å². The van der Waals surface area contributed by atoms with Crippen molar-refractivity contribution in [3.8, 4) is 5.75 Å². The molecule has 0 bridgehead atoms. The minimum Gasteiger partial charge on any atom is -0.494 e. The van der Waals surface area contributed by atoms with Crippen LogP contribution in [-0.2, 0) is 17.8 Å². The maximum atomic E-state index is 11.8. The van der Waals surface area contributed by atoms with Gasteiger partial charge < -0.3 is 10.1 Å². The molecular weight excluding hydrogens is 254 g/mol. The molecule has 20 heavy (non-hydrogen) atoms. The number of hydrogen-bond donors (Lipinski definition) is 1. The summed E-state index contributed by atoms with van der Waals surface area (Å²) in [7, 11) is 0. The van der Waals surface area contributed by atoms with E-state index >= 15 is 0 Å². The van der Waals surface area contributed by atoms with Gasteiger partial charge in [0.15, 0.2) is 0 Å². The molecule has 0 radical (unpaired) electrons. The van der Waals surface area contributed by atoms with Crippen molar-refractivity contribution in [2.75, 3.05) is 13.2 Å². The number of carbonyl (C=O) groups is 1. The zero-order chi connectivity index (χ0) is 14.2. The molecular formula is C15H19N3O2. The van der Waals surface area contributed by atoms with Crippen LogP contribution in [0.1, 0.15) is 12.5 Å². The second kappa shape index (κ2) is 7.33. The molecule has 0 fully saturated rings. The molecule has 5 nitrogen and oxygen atoms in total. The Bertz CT molecular complexity index is 521. The van der Waals surface area contributed by atoms with Crippen molar-refractivity contribution in [1.82, 2.24) is 15.1 Å². The van der Waals surface area contributed by atoms with E-state index in [-0.39, 0.29) is 5.91 Å². The number of hydrogen-bond acceptors (Lipinski definition) is 3. The third-order valence-corrected chi connectivity index (χ3v) is 2.82. The van der Waals surface area contributed by atoms with Gasteiger partial charge in [-0.25, -0.2) is 0 Å². The molecule has 5 heteroatoms. The Morgan fingerprint density at radius 2 is 2.15 bits per heavy atom. The first-order valence-corrected chi connectivity index (χ1v) is 6.74. The number of rotatable bonds is 7. The van der Waals surface area contributed by atoms with Crippen molar-refractivity contribution in [2.45, 2.75) is 19.9 Å². The molecule has 1 heterocycles. The Balaban J connectivity index is 1.73. The van der Waals surface area contributed by atoms with Crippen molar-refractivity contribution < 1.29 is 9.53 Å². The van der Waals surface area contributed by atoms with Crippen LogP contribution in [0.25, 0.3) is 0 Å². The highest BCUT2D eigenvalue weighted by Crippen LogP contribution is 2.12. The minimum atomic E-state index is 0.0151. The average molecular weight is 273 g/mol. The smallest absolute Gasteiger partial charge is 0.224 e. The Labute approximate surface area is 118 Å². The molecule has 0 aliphatic carbocycles. The predicted octanol–water partition coefficient (Wildman–Crippen LogP) is 1.64. The highest BCUT2D eigenvalue weighted by molar-refractivity contribution is 5.78. The van der Waals surface area contributed by atoms with Crippen LogP contribution in [0, 0.1) is 0 Å². The van der Waals surface area contributed by atoms with Gasteiger partial charge in [-0.1, -0.05) is 12.1 Å². The molecule has 0 aliphatic heterocycles. The Morgan fingerprint density at radius 3 is 2.80 bits per heavy atom. The van der Waals surface area contributed by atoms with E-state index in [1.807, 2.05) is 43.5 Å². The molecule has 0 saturated carbocycles. The van der Waals surface area contributed by atoms with E-state index in [1.165, 1.54) is 0 Å². The molecule has 1 amide bonds. The van der Waals surface area contributed by atoms with E-state index in [0.29, 0.717) is 26.1 Å². The lowest BCUT2D eigenvalue weighted by Crippen LogP contribution is -2.28. The second-order valence-electron chi connectivity index (χ2n) is 4.37. The van der Waals surface area contributed by atoms with Crippen LogP contribution in [-0.4, -0.2) is 28.8 Å². The second-order valence-corrected chi connectivity index (χ2v) is 4.37. The maximum Gasteiger partial charge on any atom is 0.224 e. The van der Waals surface area contributed by atoms with E-state index in [4.69, 9.17) is 4.74 Å². The first-order valence-electron chi connectivity index (χ1n) is 6.74. The van der Waals surface area contributed by atoms with Gasteiger partial charge in [0, 0.05) is 18.9 Å². The molecule has 0 aliphatic rings. The molecule has 1 aromatic carbocycles. The topological polar surface area (TPSA) is 56.1 Å². The van der Waals surface area contributed by atoms with Crippen LogP contribution in [0.15, 0.2) is 42.7 Å². The summed E-state index contributed by atoms with van der Waals surface area (Å²) in [5.41, 5.74) is 0.977. The molecule has 106 valence electrons. The molecule has 0 unspecified atom stereocenters. The number of nitrogens with one attached hydrogen (secondary N) is 1. The summed E-state index contributed by atoms with van der Waals surface area (Å²) in [5, 5.41) is 6.95. The highest BCUT2D eigenvalue weighted by Gasteiger charge is 2.03. The fourth-order valence-electron chi connectivity index (χ4n) is 1.86. The largest absolute Gasteiger partial charge is 0.494 e. The predicted molar refractivity (Wildman–Crippen MR) is 76.6 cm³/mol. The van der Waals surface area contributed by atoms with E-state index in [2.05, 4.69) is 10.4 Å². The van der Waals surface area contributed by atoms with Gasteiger partial charge in [-0.15, -0.1) is 0 Å². The summed E-state index contributed by atoms with van der Waals surface area (Å²) in [4.78, 5) is 11.8. The number of ether oxygens (including phenoxy) is 1. The zero-order valence-corrected chi connectivity index (χ0v) is 11.6. The molecule has 0 spiro atoms. The van der Waals surface area contributed by atoms with Gasteiger partial charge >= 0.3 is 0 Å². The number of carbonyl (C=O) groups excluding carboxylic acids is 1. The Kier molecular flexibility index (Phi) is 5.17. The quantitative estimate of drug-likeness (QED) is 0.834. The van der Waals surface area contributed by atoms with Crippen LogP contribution in [0.2, 0.25) is 0 Å². The summed E-state index contributed by atoms with van der Waals surface area (Å²) in [6.07, 6.45) is 3.98. The lowest BCUT2D eigenvalue weighted by Gasteiger charge is -2.07. The van der Waals surface area contributed by atoms with Crippen LogP contribution in [0.5, 0.6) is 5.75 Å². The minimum absolute atomic E-state index is 0.0151. The van der Waals surface area contributed by atoms with Crippen molar-refractivity contribution in [3.63, 3.8) is 0 Å². The third kappa shape index (κ3) is 4.42. The van der Waals surface area contributed by atoms with E-state index in [0.717, 1.165) is 11.3 Å². The molecule has 0 atom stereocenters. The fraction of sp³-hybridized carbons (Fsp3) is 0.333. The summed E-state index contributed by atoms with van der Waals surface area (Å²) < 4.78 is 7.15. The summed E-state index contributed by atoms with van der Waals surface area (Å²) >= 11 is 0.